The number of hydrogen-bond donors (Lipinski definition) is 8. The van der Waals surface area contributed by atoms with Gasteiger partial charge in [-0.15, -0.1) is 0 Å². The van der Waals surface area contributed by atoms with E-state index in [9.17, 15) is 28.8 Å². The predicted octanol–water partition coefficient (Wildman–Crippen LogP) is -3.80. The molecule has 0 saturated heterocycles. The minimum Gasteiger partial charge on any atom is -0.481 e. The van der Waals surface area contributed by atoms with Crippen LogP contribution in [0.15, 0.2) is 0 Å². The number of hydrogen-bond acceptors (Lipinski definition) is 8. The fraction of sp³-hybridized carbons (Fsp3) is 0.600. The number of rotatable bonds is 13. The molecule has 0 aliphatic heterocycles. The monoisotopic (exact) mass is 420 g/mol. The number of aliphatic carboxylic acids is 3. The molecule has 14 heteroatoms. The van der Waals surface area contributed by atoms with E-state index in [0.717, 1.165) is 0 Å². The topological polar surface area (TPSA) is 245 Å². The standard InChI is InChI=1S/C15H24N4O10/c1-6(12(25)18-8(15(28)29)2-3-10(21)22)17-14(27)9(4-11(23)24)19-13(26)7(16)5-20/h6-9,20H,2-5,16H2,1H3,(H,17,27)(H,18,25)(H,19,26)(H,21,22)(H,23,24)(H,28,29)/t6-,7-,8-,9-/m0/s1. The summed E-state index contributed by atoms with van der Waals surface area (Å²) in [6.07, 6.45) is -1.76. The smallest absolute Gasteiger partial charge is 0.326 e. The van der Waals surface area contributed by atoms with Gasteiger partial charge in [-0.25, -0.2) is 4.79 Å². The molecule has 0 radical (unpaired) electrons. The molecule has 0 aromatic rings. The molecule has 14 nitrogen and oxygen atoms in total. The average molecular weight is 420 g/mol. The second-order valence-electron chi connectivity index (χ2n) is 6.01. The van der Waals surface area contributed by atoms with E-state index < -0.39 is 85.7 Å². The predicted molar refractivity (Wildman–Crippen MR) is 93.3 cm³/mol. The first-order chi connectivity index (χ1) is 13.4. The van der Waals surface area contributed by atoms with Crippen LogP contribution in [0.2, 0.25) is 0 Å². The second kappa shape index (κ2) is 12.2. The maximum Gasteiger partial charge on any atom is 0.326 e. The minimum atomic E-state index is -1.62. The second-order valence-corrected chi connectivity index (χ2v) is 6.01. The maximum atomic E-state index is 12.2. The van der Waals surface area contributed by atoms with E-state index in [1.165, 1.54) is 6.92 Å². The van der Waals surface area contributed by atoms with E-state index in [1.54, 1.807) is 0 Å². The Kier molecular flexibility index (Phi) is 10.9. The summed E-state index contributed by atoms with van der Waals surface area (Å²) >= 11 is 0. The van der Waals surface area contributed by atoms with Gasteiger partial charge in [0.1, 0.15) is 24.2 Å². The number of carbonyl (C=O) groups excluding carboxylic acids is 3. The van der Waals surface area contributed by atoms with Gasteiger partial charge in [-0.2, -0.15) is 0 Å². The zero-order valence-corrected chi connectivity index (χ0v) is 15.5. The molecule has 0 bridgehead atoms. The van der Waals surface area contributed by atoms with Crippen molar-refractivity contribution in [3.05, 3.63) is 0 Å². The van der Waals surface area contributed by atoms with E-state index in [-0.39, 0.29) is 0 Å². The van der Waals surface area contributed by atoms with Crippen molar-refractivity contribution >= 4 is 35.6 Å². The molecule has 0 aliphatic carbocycles. The molecule has 0 unspecified atom stereocenters. The van der Waals surface area contributed by atoms with E-state index in [0.29, 0.717) is 0 Å². The van der Waals surface area contributed by atoms with Gasteiger partial charge in [0.15, 0.2) is 0 Å². The van der Waals surface area contributed by atoms with Crippen LogP contribution in [0.5, 0.6) is 0 Å². The number of carbonyl (C=O) groups is 6. The molecule has 0 spiro atoms. The Balaban J connectivity index is 5.02. The lowest BCUT2D eigenvalue weighted by Crippen LogP contribution is -2.57. The van der Waals surface area contributed by atoms with Crippen LogP contribution in [0.4, 0.5) is 0 Å². The highest BCUT2D eigenvalue weighted by Crippen LogP contribution is 2.00. The highest BCUT2D eigenvalue weighted by atomic mass is 16.4. The molecule has 0 rings (SSSR count). The normalized spacial score (nSPS) is 14.6. The highest BCUT2D eigenvalue weighted by Gasteiger charge is 2.29. The summed E-state index contributed by atoms with van der Waals surface area (Å²) in [5.74, 6) is -7.22. The van der Waals surface area contributed by atoms with Gasteiger partial charge in [-0.1, -0.05) is 0 Å². The Morgan fingerprint density at radius 1 is 0.828 bits per heavy atom. The number of aliphatic hydroxyl groups excluding tert-OH is 1. The van der Waals surface area contributed by atoms with Gasteiger partial charge in [-0.3, -0.25) is 24.0 Å². The van der Waals surface area contributed by atoms with E-state index >= 15 is 0 Å². The Morgan fingerprint density at radius 2 is 1.38 bits per heavy atom. The maximum absolute atomic E-state index is 12.2. The van der Waals surface area contributed by atoms with Crippen LogP contribution in [-0.4, -0.2) is 86.8 Å². The fourth-order valence-electron chi connectivity index (χ4n) is 1.95. The van der Waals surface area contributed by atoms with Crippen molar-refractivity contribution in [2.45, 2.75) is 50.4 Å². The summed E-state index contributed by atoms with van der Waals surface area (Å²) in [5.41, 5.74) is 5.28. The molecule has 0 fully saturated rings. The quantitative estimate of drug-likeness (QED) is 0.143. The highest BCUT2D eigenvalue weighted by molar-refractivity contribution is 5.95. The number of aliphatic hydroxyl groups is 1. The Labute approximate surface area is 164 Å². The summed E-state index contributed by atoms with van der Waals surface area (Å²) in [5, 5.41) is 41.5. The molecule has 3 amide bonds. The molecule has 0 saturated carbocycles. The fourth-order valence-corrected chi connectivity index (χ4v) is 1.95. The SMILES string of the molecule is C[C@H](NC(=O)[C@H](CC(=O)O)NC(=O)[C@@H](N)CO)C(=O)N[C@@H](CCC(=O)O)C(=O)O. The Morgan fingerprint density at radius 3 is 1.83 bits per heavy atom. The van der Waals surface area contributed by atoms with E-state index in [1.807, 2.05) is 5.32 Å². The van der Waals surface area contributed by atoms with Crippen LogP contribution < -0.4 is 21.7 Å². The molecular formula is C15H24N4O10. The van der Waals surface area contributed by atoms with Gasteiger partial charge in [-0.05, 0) is 13.3 Å². The van der Waals surface area contributed by atoms with Gasteiger partial charge in [0.25, 0.3) is 0 Å². The molecule has 0 aromatic heterocycles. The third-order valence-corrected chi connectivity index (χ3v) is 3.56. The van der Waals surface area contributed by atoms with Crippen molar-refractivity contribution in [1.82, 2.24) is 16.0 Å². The summed E-state index contributed by atoms with van der Waals surface area (Å²) in [6.45, 7) is 0.418. The van der Waals surface area contributed by atoms with Gasteiger partial charge in [0.2, 0.25) is 17.7 Å². The van der Waals surface area contributed by atoms with Crippen LogP contribution in [0.25, 0.3) is 0 Å². The summed E-state index contributed by atoms with van der Waals surface area (Å²) in [4.78, 5) is 68.5. The van der Waals surface area contributed by atoms with Gasteiger partial charge in [0, 0.05) is 6.42 Å². The number of amides is 3. The van der Waals surface area contributed by atoms with Crippen molar-refractivity contribution in [2.24, 2.45) is 5.73 Å². The lowest BCUT2D eigenvalue weighted by atomic mass is 10.1. The van der Waals surface area contributed by atoms with Gasteiger partial charge < -0.3 is 42.1 Å². The lowest BCUT2D eigenvalue weighted by Gasteiger charge is -2.22. The molecule has 164 valence electrons. The first-order valence-corrected chi connectivity index (χ1v) is 8.33. The number of carboxylic acids is 3. The minimum absolute atomic E-state index is 0.395. The van der Waals surface area contributed by atoms with Crippen LogP contribution in [0.3, 0.4) is 0 Å². The molecule has 0 heterocycles. The van der Waals surface area contributed by atoms with Crippen LogP contribution in [-0.2, 0) is 28.8 Å². The average Bonchev–Trinajstić information content (AvgIpc) is 2.62. The number of nitrogens with one attached hydrogen (secondary N) is 3. The van der Waals surface area contributed by atoms with E-state index in [4.69, 9.17) is 26.2 Å². The first kappa shape index (κ1) is 25.7. The van der Waals surface area contributed by atoms with Crippen molar-refractivity contribution in [3.8, 4) is 0 Å². The molecule has 0 aliphatic rings. The van der Waals surface area contributed by atoms with Crippen molar-refractivity contribution in [2.75, 3.05) is 6.61 Å². The molecule has 4 atom stereocenters. The van der Waals surface area contributed by atoms with Crippen LogP contribution in [0, 0.1) is 0 Å². The van der Waals surface area contributed by atoms with E-state index in [2.05, 4.69) is 10.6 Å². The Hall–Kier alpha value is -3.26. The zero-order valence-electron chi connectivity index (χ0n) is 15.5. The molecule has 29 heavy (non-hydrogen) atoms. The van der Waals surface area contributed by atoms with Gasteiger partial charge in [0.05, 0.1) is 13.0 Å². The van der Waals surface area contributed by atoms with Crippen molar-refractivity contribution in [3.63, 3.8) is 0 Å². The number of nitrogens with two attached hydrogens (primary N) is 1. The van der Waals surface area contributed by atoms with Gasteiger partial charge >= 0.3 is 17.9 Å². The van der Waals surface area contributed by atoms with Crippen LogP contribution in [0.1, 0.15) is 26.2 Å². The first-order valence-electron chi connectivity index (χ1n) is 8.33. The Bertz CT molecular complexity index is 653. The molecule has 0 aromatic carbocycles. The van der Waals surface area contributed by atoms with Crippen molar-refractivity contribution in [1.29, 1.82) is 0 Å². The zero-order chi connectivity index (χ0) is 22.7. The lowest BCUT2D eigenvalue weighted by molar-refractivity contribution is -0.144. The van der Waals surface area contributed by atoms with Crippen LogP contribution >= 0.6 is 0 Å². The summed E-state index contributed by atoms with van der Waals surface area (Å²) in [7, 11) is 0. The number of carboxylic acid groups (broad SMARTS) is 3. The molecule has 9 N–H and O–H groups in total. The summed E-state index contributed by atoms with van der Waals surface area (Å²) < 4.78 is 0. The largest absolute Gasteiger partial charge is 0.481 e. The third kappa shape index (κ3) is 10.0. The molecular weight excluding hydrogens is 396 g/mol. The third-order valence-electron chi connectivity index (χ3n) is 3.56. The summed E-state index contributed by atoms with van der Waals surface area (Å²) in [6, 6.07) is -5.87. The van der Waals surface area contributed by atoms with Crippen molar-refractivity contribution < 1.29 is 49.2 Å².